The van der Waals surface area contributed by atoms with E-state index in [1.54, 1.807) is 12.1 Å². The smallest absolute Gasteiger partial charge is 0.123 e. The van der Waals surface area contributed by atoms with Crippen molar-refractivity contribution in [2.45, 2.75) is 40.2 Å². The Labute approximate surface area is 127 Å². The highest BCUT2D eigenvalue weighted by Gasteiger charge is 2.13. The fraction of sp³-hybridized carbons (Fsp3) is 0.368. The Bertz CT molecular complexity index is 619. The van der Waals surface area contributed by atoms with Crippen LogP contribution in [0.2, 0.25) is 0 Å². The van der Waals surface area contributed by atoms with Gasteiger partial charge in [0.05, 0.1) is 0 Å². The van der Waals surface area contributed by atoms with Crippen LogP contribution in [0.3, 0.4) is 0 Å². The van der Waals surface area contributed by atoms with E-state index in [4.69, 9.17) is 0 Å². The molecule has 2 aromatic carbocycles. The van der Waals surface area contributed by atoms with Crippen molar-refractivity contribution in [1.29, 1.82) is 0 Å². The van der Waals surface area contributed by atoms with Crippen molar-refractivity contribution in [1.82, 2.24) is 5.32 Å². The largest absolute Gasteiger partial charge is 0.310 e. The van der Waals surface area contributed by atoms with Gasteiger partial charge >= 0.3 is 0 Å². The predicted octanol–water partition coefficient (Wildman–Crippen LogP) is 4.64. The summed E-state index contributed by atoms with van der Waals surface area (Å²) in [5, 5.41) is 3.54. The number of rotatable bonds is 5. The molecule has 0 fully saturated rings. The number of halogens is 1. The first-order valence-electron chi connectivity index (χ1n) is 7.56. The van der Waals surface area contributed by atoms with Crippen LogP contribution in [-0.4, -0.2) is 6.54 Å². The summed E-state index contributed by atoms with van der Waals surface area (Å²) in [4.78, 5) is 0. The summed E-state index contributed by atoms with van der Waals surface area (Å²) in [6.07, 6.45) is 0.877. The number of hydrogen-bond acceptors (Lipinski definition) is 1. The van der Waals surface area contributed by atoms with E-state index in [1.165, 1.54) is 22.3 Å². The molecule has 0 amide bonds. The van der Waals surface area contributed by atoms with Crippen LogP contribution in [0.1, 0.15) is 40.8 Å². The van der Waals surface area contributed by atoms with E-state index in [0.717, 1.165) is 18.5 Å². The van der Waals surface area contributed by atoms with Crippen LogP contribution >= 0.6 is 0 Å². The summed E-state index contributed by atoms with van der Waals surface area (Å²) in [5.74, 6) is -0.164. The van der Waals surface area contributed by atoms with Gasteiger partial charge in [-0.25, -0.2) is 4.39 Å². The van der Waals surface area contributed by atoms with Gasteiger partial charge < -0.3 is 5.32 Å². The first kappa shape index (κ1) is 15.7. The second-order valence-electron chi connectivity index (χ2n) is 5.73. The first-order valence-corrected chi connectivity index (χ1v) is 7.56. The molecule has 2 heteroatoms. The molecular weight excluding hydrogens is 261 g/mol. The van der Waals surface area contributed by atoms with Gasteiger partial charge in [-0.05, 0) is 73.7 Å². The lowest BCUT2D eigenvalue weighted by Crippen LogP contribution is -2.23. The molecule has 0 bridgehead atoms. The standard InChI is InChI=1S/C19H24FN/c1-5-21-19(17-7-6-13(2)14(3)10-17)12-16-8-9-18(20)11-15(16)4/h6-11,19,21H,5,12H2,1-4H3. The molecule has 0 aliphatic carbocycles. The number of likely N-dealkylation sites (N-methyl/N-ethyl adjacent to an activating group) is 1. The molecule has 2 aromatic rings. The van der Waals surface area contributed by atoms with Gasteiger partial charge in [0, 0.05) is 6.04 Å². The van der Waals surface area contributed by atoms with Gasteiger partial charge in [0.1, 0.15) is 5.82 Å². The minimum Gasteiger partial charge on any atom is -0.310 e. The molecule has 1 N–H and O–H groups in total. The summed E-state index contributed by atoms with van der Waals surface area (Å²) in [6, 6.07) is 11.9. The maximum absolute atomic E-state index is 13.2. The minimum atomic E-state index is -0.164. The summed E-state index contributed by atoms with van der Waals surface area (Å²) >= 11 is 0. The van der Waals surface area contributed by atoms with E-state index in [9.17, 15) is 4.39 Å². The van der Waals surface area contributed by atoms with E-state index >= 15 is 0 Å². The fourth-order valence-corrected chi connectivity index (χ4v) is 2.64. The van der Waals surface area contributed by atoms with Crippen LogP contribution in [0, 0.1) is 26.6 Å². The van der Waals surface area contributed by atoms with Gasteiger partial charge in [0.25, 0.3) is 0 Å². The molecule has 0 aromatic heterocycles. The van der Waals surface area contributed by atoms with E-state index in [-0.39, 0.29) is 11.9 Å². The molecule has 1 nitrogen and oxygen atoms in total. The SMILES string of the molecule is CCNC(Cc1ccc(F)cc1C)c1ccc(C)c(C)c1. The average Bonchev–Trinajstić information content (AvgIpc) is 2.44. The number of hydrogen-bond donors (Lipinski definition) is 1. The van der Waals surface area contributed by atoms with Gasteiger partial charge in [-0.2, -0.15) is 0 Å². The predicted molar refractivity (Wildman–Crippen MR) is 87.2 cm³/mol. The summed E-state index contributed by atoms with van der Waals surface area (Å²) in [5.41, 5.74) is 6.13. The first-order chi connectivity index (χ1) is 10.0. The molecule has 0 spiro atoms. The summed E-state index contributed by atoms with van der Waals surface area (Å²) in [6.45, 7) is 9.28. The lowest BCUT2D eigenvalue weighted by Gasteiger charge is -2.20. The maximum atomic E-state index is 13.2. The van der Waals surface area contributed by atoms with Crippen molar-refractivity contribution in [3.05, 3.63) is 70.0 Å². The third-order valence-electron chi connectivity index (χ3n) is 4.11. The van der Waals surface area contributed by atoms with Crippen molar-refractivity contribution in [2.75, 3.05) is 6.54 Å². The molecular formula is C19H24FN. The van der Waals surface area contributed by atoms with Gasteiger partial charge in [-0.3, -0.25) is 0 Å². The molecule has 1 unspecified atom stereocenters. The molecule has 2 rings (SSSR count). The third-order valence-corrected chi connectivity index (χ3v) is 4.11. The topological polar surface area (TPSA) is 12.0 Å². The molecule has 0 saturated carbocycles. The van der Waals surface area contributed by atoms with Crippen LogP contribution in [-0.2, 0) is 6.42 Å². The second-order valence-corrected chi connectivity index (χ2v) is 5.73. The zero-order chi connectivity index (χ0) is 15.4. The fourth-order valence-electron chi connectivity index (χ4n) is 2.64. The number of benzene rings is 2. The number of nitrogens with one attached hydrogen (secondary N) is 1. The van der Waals surface area contributed by atoms with Gasteiger partial charge in [0.15, 0.2) is 0 Å². The van der Waals surface area contributed by atoms with Crippen LogP contribution in [0.25, 0.3) is 0 Å². The summed E-state index contributed by atoms with van der Waals surface area (Å²) in [7, 11) is 0. The van der Waals surface area contributed by atoms with Crippen LogP contribution in [0.15, 0.2) is 36.4 Å². The molecule has 0 saturated heterocycles. The highest BCUT2D eigenvalue weighted by molar-refractivity contribution is 5.34. The van der Waals surface area contributed by atoms with Crippen molar-refractivity contribution in [3.63, 3.8) is 0 Å². The Morgan fingerprint density at radius 3 is 2.33 bits per heavy atom. The van der Waals surface area contributed by atoms with Gasteiger partial charge in [-0.15, -0.1) is 0 Å². The average molecular weight is 285 g/mol. The summed E-state index contributed by atoms with van der Waals surface area (Å²) < 4.78 is 13.2. The van der Waals surface area contributed by atoms with E-state index in [0.29, 0.717) is 0 Å². The normalized spacial score (nSPS) is 12.4. The highest BCUT2D eigenvalue weighted by atomic mass is 19.1. The van der Waals surface area contributed by atoms with Crippen molar-refractivity contribution < 1.29 is 4.39 Å². The lowest BCUT2D eigenvalue weighted by molar-refractivity contribution is 0.547. The highest BCUT2D eigenvalue weighted by Crippen LogP contribution is 2.23. The maximum Gasteiger partial charge on any atom is 0.123 e. The van der Waals surface area contributed by atoms with Crippen LogP contribution in [0.5, 0.6) is 0 Å². The molecule has 0 radical (unpaired) electrons. The molecule has 0 aliphatic heterocycles. The Morgan fingerprint density at radius 1 is 0.952 bits per heavy atom. The van der Waals surface area contributed by atoms with Crippen LogP contribution < -0.4 is 5.32 Å². The second kappa shape index (κ2) is 6.86. The Balaban J connectivity index is 2.28. The van der Waals surface area contributed by atoms with E-state index in [2.05, 4.69) is 44.3 Å². The Morgan fingerprint density at radius 2 is 1.71 bits per heavy atom. The molecule has 112 valence electrons. The zero-order valence-electron chi connectivity index (χ0n) is 13.3. The van der Waals surface area contributed by atoms with Crippen molar-refractivity contribution in [2.24, 2.45) is 0 Å². The minimum absolute atomic E-state index is 0.164. The lowest BCUT2D eigenvalue weighted by atomic mass is 9.94. The van der Waals surface area contributed by atoms with Crippen molar-refractivity contribution >= 4 is 0 Å². The third kappa shape index (κ3) is 3.92. The molecule has 21 heavy (non-hydrogen) atoms. The van der Waals surface area contributed by atoms with E-state index in [1.807, 2.05) is 13.0 Å². The quantitative estimate of drug-likeness (QED) is 0.843. The van der Waals surface area contributed by atoms with Crippen LogP contribution in [0.4, 0.5) is 4.39 Å². The van der Waals surface area contributed by atoms with Gasteiger partial charge in [-0.1, -0.05) is 31.2 Å². The molecule has 1 atom stereocenters. The zero-order valence-corrected chi connectivity index (χ0v) is 13.3. The Hall–Kier alpha value is -1.67. The monoisotopic (exact) mass is 285 g/mol. The Kier molecular flexibility index (Phi) is 5.13. The number of aryl methyl sites for hydroxylation is 3. The van der Waals surface area contributed by atoms with E-state index < -0.39 is 0 Å². The van der Waals surface area contributed by atoms with Crippen molar-refractivity contribution in [3.8, 4) is 0 Å². The molecule has 0 heterocycles. The van der Waals surface area contributed by atoms with Gasteiger partial charge in [0.2, 0.25) is 0 Å². The molecule has 0 aliphatic rings.